The van der Waals surface area contributed by atoms with Gasteiger partial charge in [0.15, 0.2) is 5.78 Å². The minimum absolute atomic E-state index is 0.00310. The highest BCUT2D eigenvalue weighted by Gasteiger charge is 2.23. The summed E-state index contributed by atoms with van der Waals surface area (Å²) in [6.07, 6.45) is 0. The molecule has 2 rings (SSSR count). The first-order valence-electron chi connectivity index (χ1n) is 5.70. The maximum Gasteiger partial charge on any atom is 0.207 e. The van der Waals surface area contributed by atoms with Crippen molar-refractivity contribution in [2.45, 2.75) is 9.79 Å². The quantitative estimate of drug-likeness (QED) is 0.861. The Balaban J connectivity index is 2.63. The molecule has 2 N–H and O–H groups in total. The van der Waals surface area contributed by atoms with Crippen molar-refractivity contribution in [3.63, 3.8) is 0 Å². The predicted octanol–water partition coefficient (Wildman–Crippen LogP) is 1.66. The molecule has 0 bridgehead atoms. The number of carbonyl (C=O) groups excluding carboxylic acids is 1. The lowest BCUT2D eigenvalue weighted by Crippen LogP contribution is -2.17. The fourth-order valence-corrected chi connectivity index (χ4v) is 3.27. The van der Waals surface area contributed by atoms with Crippen LogP contribution >= 0.6 is 0 Å². The highest BCUT2D eigenvalue weighted by atomic mass is 32.2. The Kier molecular flexibility index (Phi) is 3.78. The van der Waals surface area contributed by atoms with Gasteiger partial charge in [-0.1, -0.05) is 36.4 Å². The van der Waals surface area contributed by atoms with Gasteiger partial charge in [0.1, 0.15) is 0 Å². The van der Waals surface area contributed by atoms with Crippen LogP contribution in [0.25, 0.3) is 0 Å². The van der Waals surface area contributed by atoms with Crippen LogP contribution in [0.1, 0.15) is 10.4 Å². The van der Waals surface area contributed by atoms with E-state index in [1.807, 2.05) is 0 Å². The van der Waals surface area contributed by atoms with Crippen molar-refractivity contribution in [1.29, 1.82) is 0 Å². The van der Waals surface area contributed by atoms with Crippen molar-refractivity contribution in [1.82, 2.24) is 0 Å². The van der Waals surface area contributed by atoms with Gasteiger partial charge >= 0.3 is 0 Å². The third-order valence-electron chi connectivity index (χ3n) is 2.72. The Morgan fingerprint density at radius 3 is 2.16 bits per heavy atom. The zero-order chi connectivity index (χ0) is 13.9. The number of sulfone groups is 1. The van der Waals surface area contributed by atoms with E-state index in [4.69, 9.17) is 5.73 Å². The number of Topliss-reactive ketones (excluding diaryl/α,β-unsaturated/α-hetero) is 1. The maximum atomic E-state index is 12.5. The number of carbonyl (C=O) groups is 1. The molecule has 0 aromatic heterocycles. The lowest BCUT2D eigenvalue weighted by atomic mass is 10.1. The summed E-state index contributed by atoms with van der Waals surface area (Å²) in [5.41, 5.74) is 5.44. The van der Waals surface area contributed by atoms with E-state index in [0.29, 0.717) is 0 Å². The second-order valence-corrected chi connectivity index (χ2v) is 5.86. The molecule has 2 aromatic rings. The van der Waals surface area contributed by atoms with Gasteiger partial charge in [-0.25, -0.2) is 8.42 Å². The van der Waals surface area contributed by atoms with Gasteiger partial charge in [0.05, 0.1) is 16.3 Å². The first kappa shape index (κ1) is 13.5. The second kappa shape index (κ2) is 5.34. The topological polar surface area (TPSA) is 77.2 Å². The molecule has 0 heterocycles. The molecule has 0 spiro atoms. The number of benzene rings is 2. The molecule has 5 heteroatoms. The Hall–Kier alpha value is -1.98. The number of hydrogen-bond acceptors (Lipinski definition) is 4. The maximum absolute atomic E-state index is 12.5. The highest BCUT2D eigenvalue weighted by Crippen LogP contribution is 2.24. The van der Waals surface area contributed by atoms with Crippen molar-refractivity contribution in [2.75, 3.05) is 6.54 Å². The summed E-state index contributed by atoms with van der Waals surface area (Å²) in [6, 6.07) is 14.1. The Labute approximate surface area is 111 Å². The first-order chi connectivity index (χ1) is 9.07. The molecule has 2 aromatic carbocycles. The third kappa shape index (κ3) is 2.57. The Morgan fingerprint density at radius 1 is 0.947 bits per heavy atom. The van der Waals surface area contributed by atoms with E-state index in [9.17, 15) is 13.2 Å². The summed E-state index contributed by atoms with van der Waals surface area (Å²) in [5, 5.41) is 0. The van der Waals surface area contributed by atoms with Crippen molar-refractivity contribution in [3.05, 3.63) is 60.2 Å². The van der Waals surface area contributed by atoms with Crippen molar-refractivity contribution in [2.24, 2.45) is 5.73 Å². The molecule has 4 nitrogen and oxygen atoms in total. The van der Waals surface area contributed by atoms with E-state index < -0.39 is 15.6 Å². The van der Waals surface area contributed by atoms with Crippen LogP contribution < -0.4 is 5.73 Å². The zero-order valence-electron chi connectivity index (χ0n) is 10.1. The molecule has 0 aliphatic carbocycles. The molecular weight excluding hydrogens is 262 g/mol. The molecule has 0 atom stereocenters. The molecule has 0 unspecified atom stereocenters. The van der Waals surface area contributed by atoms with Gasteiger partial charge in [0.25, 0.3) is 0 Å². The summed E-state index contributed by atoms with van der Waals surface area (Å²) in [7, 11) is -3.70. The number of nitrogens with two attached hydrogens (primary N) is 1. The number of rotatable bonds is 4. The SMILES string of the molecule is NCC(=O)c1ccccc1S(=O)(=O)c1ccccc1. The highest BCUT2D eigenvalue weighted by molar-refractivity contribution is 7.91. The average molecular weight is 275 g/mol. The summed E-state index contributed by atoms with van der Waals surface area (Å²) in [6.45, 7) is -0.221. The molecule has 0 aliphatic rings. The molecule has 98 valence electrons. The number of hydrogen-bond donors (Lipinski definition) is 1. The minimum atomic E-state index is -3.70. The van der Waals surface area contributed by atoms with Crippen molar-refractivity contribution >= 4 is 15.6 Å². The van der Waals surface area contributed by atoms with Crippen LogP contribution in [-0.4, -0.2) is 20.7 Å². The summed E-state index contributed by atoms with van der Waals surface area (Å²) >= 11 is 0. The van der Waals surface area contributed by atoms with Gasteiger partial charge in [-0.2, -0.15) is 0 Å². The molecule has 0 fully saturated rings. The fourth-order valence-electron chi connectivity index (χ4n) is 1.77. The largest absolute Gasteiger partial charge is 0.324 e. The van der Waals surface area contributed by atoms with Gasteiger partial charge in [-0.05, 0) is 18.2 Å². The van der Waals surface area contributed by atoms with Crippen LogP contribution in [0.3, 0.4) is 0 Å². The third-order valence-corrected chi connectivity index (χ3v) is 4.54. The summed E-state index contributed by atoms with van der Waals surface area (Å²) in [4.78, 5) is 11.9. The van der Waals surface area contributed by atoms with E-state index in [-0.39, 0.29) is 21.9 Å². The van der Waals surface area contributed by atoms with E-state index in [1.165, 1.54) is 24.3 Å². The van der Waals surface area contributed by atoms with Gasteiger partial charge in [-0.3, -0.25) is 4.79 Å². The lowest BCUT2D eigenvalue weighted by molar-refractivity contribution is 0.0998. The first-order valence-corrected chi connectivity index (χ1v) is 7.18. The molecule has 0 radical (unpaired) electrons. The average Bonchev–Trinajstić information content (AvgIpc) is 2.47. The molecule has 0 amide bonds. The van der Waals surface area contributed by atoms with Crippen LogP contribution in [0.15, 0.2) is 64.4 Å². The van der Waals surface area contributed by atoms with Crippen LogP contribution in [0.4, 0.5) is 0 Å². The van der Waals surface area contributed by atoms with Gasteiger partial charge < -0.3 is 5.73 Å². The van der Waals surface area contributed by atoms with Crippen molar-refractivity contribution in [3.8, 4) is 0 Å². The molecule has 0 saturated carbocycles. The second-order valence-electron chi connectivity index (χ2n) is 3.94. The smallest absolute Gasteiger partial charge is 0.207 e. The predicted molar refractivity (Wildman–Crippen MR) is 71.7 cm³/mol. The van der Waals surface area contributed by atoms with Gasteiger partial charge in [-0.15, -0.1) is 0 Å². The van der Waals surface area contributed by atoms with E-state index in [0.717, 1.165) is 0 Å². The van der Waals surface area contributed by atoms with Crippen LogP contribution in [-0.2, 0) is 9.84 Å². The van der Waals surface area contributed by atoms with Crippen LogP contribution in [0.5, 0.6) is 0 Å². The monoisotopic (exact) mass is 275 g/mol. The van der Waals surface area contributed by atoms with E-state index >= 15 is 0 Å². The lowest BCUT2D eigenvalue weighted by Gasteiger charge is -2.09. The van der Waals surface area contributed by atoms with Gasteiger partial charge in [0, 0.05) is 5.56 Å². The van der Waals surface area contributed by atoms with Crippen molar-refractivity contribution < 1.29 is 13.2 Å². The standard InChI is InChI=1S/C14H13NO3S/c15-10-13(16)12-8-4-5-9-14(12)19(17,18)11-6-2-1-3-7-11/h1-9H,10,15H2. The summed E-state index contributed by atoms with van der Waals surface area (Å²) in [5.74, 6) is -0.393. The van der Waals surface area contributed by atoms with E-state index in [2.05, 4.69) is 0 Å². The summed E-state index contributed by atoms with van der Waals surface area (Å²) < 4.78 is 25.0. The Bertz CT molecular complexity index is 694. The number of ketones is 1. The fraction of sp³-hybridized carbons (Fsp3) is 0.0714. The molecule has 19 heavy (non-hydrogen) atoms. The van der Waals surface area contributed by atoms with E-state index in [1.54, 1.807) is 30.3 Å². The van der Waals surface area contributed by atoms with Crippen LogP contribution in [0, 0.1) is 0 Å². The van der Waals surface area contributed by atoms with Crippen LogP contribution in [0.2, 0.25) is 0 Å². The molecule has 0 aliphatic heterocycles. The Morgan fingerprint density at radius 2 is 1.53 bits per heavy atom. The minimum Gasteiger partial charge on any atom is -0.324 e. The molecule has 0 saturated heterocycles. The normalized spacial score (nSPS) is 11.2. The van der Waals surface area contributed by atoms with Gasteiger partial charge in [0.2, 0.25) is 9.84 Å². The zero-order valence-corrected chi connectivity index (χ0v) is 10.9. The molecular formula is C14H13NO3S.